The third kappa shape index (κ3) is 1.52. The van der Waals surface area contributed by atoms with Crippen molar-refractivity contribution in [1.82, 2.24) is 19.9 Å². The predicted octanol–water partition coefficient (Wildman–Crippen LogP) is 1.65. The summed E-state index contributed by atoms with van der Waals surface area (Å²) < 4.78 is 0. The number of anilines is 1. The molecule has 0 spiro atoms. The molecule has 0 amide bonds. The second-order valence-corrected chi connectivity index (χ2v) is 4.27. The van der Waals surface area contributed by atoms with Crippen LogP contribution in [0.25, 0.3) is 11.2 Å². The van der Waals surface area contributed by atoms with E-state index in [1.54, 1.807) is 6.33 Å². The van der Waals surface area contributed by atoms with Gasteiger partial charge < -0.3 is 9.88 Å². The number of hydrogen-bond donors (Lipinski definition) is 1. The summed E-state index contributed by atoms with van der Waals surface area (Å²) in [7, 11) is 0. The van der Waals surface area contributed by atoms with E-state index >= 15 is 0 Å². The van der Waals surface area contributed by atoms with Crippen LogP contribution in [0.3, 0.4) is 0 Å². The summed E-state index contributed by atoms with van der Waals surface area (Å²) in [5.41, 5.74) is 1.75. The van der Waals surface area contributed by atoms with Crippen LogP contribution in [0.1, 0.15) is 25.1 Å². The van der Waals surface area contributed by atoms with Gasteiger partial charge in [-0.2, -0.15) is 0 Å². The van der Waals surface area contributed by atoms with Crippen molar-refractivity contribution >= 4 is 17.0 Å². The Labute approximate surface area is 93.9 Å². The first-order chi connectivity index (χ1) is 7.84. The Morgan fingerprint density at radius 3 is 2.81 bits per heavy atom. The largest absolute Gasteiger partial charge is 0.355 e. The standard InChI is InChI=1S/C11H15N5/c1-8-14-9-10(15-8)12-7-13-11(9)16-5-3-2-4-6-16/h7H,2-6H2,1H3,(H,12,13,14,15). The van der Waals surface area contributed by atoms with E-state index in [-0.39, 0.29) is 0 Å². The zero-order chi connectivity index (χ0) is 11.0. The van der Waals surface area contributed by atoms with E-state index in [0.717, 1.165) is 35.9 Å². The summed E-state index contributed by atoms with van der Waals surface area (Å²) in [6.07, 6.45) is 5.43. The van der Waals surface area contributed by atoms with Crippen LogP contribution in [0, 0.1) is 6.92 Å². The number of aromatic nitrogens is 4. The Bertz CT molecular complexity index is 498. The first-order valence-corrected chi connectivity index (χ1v) is 5.77. The Morgan fingerprint density at radius 1 is 1.19 bits per heavy atom. The van der Waals surface area contributed by atoms with E-state index in [1.807, 2.05) is 6.92 Å². The molecule has 0 radical (unpaired) electrons. The lowest BCUT2D eigenvalue weighted by atomic mass is 10.1. The Kier molecular flexibility index (Phi) is 2.23. The lowest BCUT2D eigenvalue weighted by Gasteiger charge is -2.27. The SMILES string of the molecule is Cc1nc2ncnc(N3CCCCC3)c2[nH]1. The Morgan fingerprint density at radius 2 is 2.00 bits per heavy atom. The number of hydrogen-bond acceptors (Lipinski definition) is 4. The van der Waals surface area contributed by atoms with Gasteiger partial charge in [0.2, 0.25) is 0 Å². The van der Waals surface area contributed by atoms with Crippen molar-refractivity contribution in [2.45, 2.75) is 26.2 Å². The van der Waals surface area contributed by atoms with Gasteiger partial charge in [-0.1, -0.05) is 0 Å². The number of H-pyrrole nitrogens is 1. The van der Waals surface area contributed by atoms with Crippen LogP contribution in [0.5, 0.6) is 0 Å². The van der Waals surface area contributed by atoms with Crippen molar-refractivity contribution in [3.8, 4) is 0 Å². The second-order valence-electron chi connectivity index (χ2n) is 4.27. The quantitative estimate of drug-likeness (QED) is 0.789. The number of rotatable bonds is 1. The number of aromatic amines is 1. The molecule has 3 heterocycles. The van der Waals surface area contributed by atoms with Gasteiger partial charge in [0.15, 0.2) is 11.5 Å². The van der Waals surface area contributed by atoms with Crippen molar-refractivity contribution in [1.29, 1.82) is 0 Å². The molecule has 0 aliphatic carbocycles. The highest BCUT2D eigenvalue weighted by Gasteiger charge is 2.16. The molecule has 1 fully saturated rings. The average molecular weight is 217 g/mol. The number of nitrogens with zero attached hydrogens (tertiary/aromatic N) is 4. The van der Waals surface area contributed by atoms with Crippen LogP contribution in [0.15, 0.2) is 6.33 Å². The molecule has 3 rings (SSSR count). The van der Waals surface area contributed by atoms with Gasteiger partial charge >= 0.3 is 0 Å². The van der Waals surface area contributed by atoms with Crippen LogP contribution in [0.4, 0.5) is 5.82 Å². The topological polar surface area (TPSA) is 57.7 Å². The van der Waals surface area contributed by atoms with Gasteiger partial charge in [0.05, 0.1) is 0 Å². The highest BCUT2D eigenvalue weighted by molar-refractivity contribution is 5.83. The van der Waals surface area contributed by atoms with Gasteiger partial charge in [0, 0.05) is 13.1 Å². The molecule has 1 saturated heterocycles. The normalized spacial score (nSPS) is 16.9. The maximum atomic E-state index is 4.39. The van der Waals surface area contributed by atoms with Gasteiger partial charge in [-0.25, -0.2) is 15.0 Å². The van der Waals surface area contributed by atoms with Crippen molar-refractivity contribution < 1.29 is 0 Å². The Hall–Kier alpha value is -1.65. The summed E-state index contributed by atoms with van der Waals surface area (Å²) in [6, 6.07) is 0. The molecule has 0 aromatic carbocycles. The molecule has 0 bridgehead atoms. The molecule has 84 valence electrons. The average Bonchev–Trinajstić information content (AvgIpc) is 2.70. The molecule has 5 nitrogen and oxygen atoms in total. The fourth-order valence-corrected chi connectivity index (χ4v) is 2.28. The van der Waals surface area contributed by atoms with Crippen LogP contribution in [0.2, 0.25) is 0 Å². The molecular formula is C11H15N5. The predicted molar refractivity (Wildman–Crippen MR) is 62.5 cm³/mol. The zero-order valence-electron chi connectivity index (χ0n) is 9.40. The number of piperidine rings is 1. The molecule has 1 aliphatic heterocycles. The van der Waals surface area contributed by atoms with Gasteiger partial charge in [-0.15, -0.1) is 0 Å². The lowest BCUT2D eigenvalue weighted by molar-refractivity contribution is 0.574. The number of imidazole rings is 1. The van der Waals surface area contributed by atoms with E-state index < -0.39 is 0 Å². The first-order valence-electron chi connectivity index (χ1n) is 5.77. The maximum absolute atomic E-state index is 4.39. The molecule has 0 atom stereocenters. The molecule has 2 aromatic rings. The zero-order valence-corrected chi connectivity index (χ0v) is 9.40. The molecule has 5 heteroatoms. The van der Waals surface area contributed by atoms with Gasteiger partial charge in [0.25, 0.3) is 0 Å². The fraction of sp³-hybridized carbons (Fsp3) is 0.545. The smallest absolute Gasteiger partial charge is 0.183 e. The molecular weight excluding hydrogens is 202 g/mol. The number of fused-ring (bicyclic) bond motifs is 1. The van der Waals surface area contributed by atoms with Crippen LogP contribution in [-0.2, 0) is 0 Å². The van der Waals surface area contributed by atoms with Crippen LogP contribution < -0.4 is 4.90 Å². The maximum Gasteiger partial charge on any atom is 0.183 e. The van der Waals surface area contributed by atoms with Crippen LogP contribution >= 0.6 is 0 Å². The third-order valence-electron chi connectivity index (χ3n) is 3.04. The highest BCUT2D eigenvalue weighted by Crippen LogP contribution is 2.23. The summed E-state index contributed by atoms with van der Waals surface area (Å²) in [5, 5.41) is 0. The molecule has 0 saturated carbocycles. The molecule has 0 unspecified atom stereocenters. The van der Waals surface area contributed by atoms with Crippen molar-refractivity contribution in [3.63, 3.8) is 0 Å². The van der Waals surface area contributed by atoms with Gasteiger partial charge in [-0.05, 0) is 26.2 Å². The minimum absolute atomic E-state index is 0.771. The first kappa shape index (κ1) is 9.57. The summed E-state index contributed by atoms with van der Waals surface area (Å²) in [5.74, 6) is 1.90. The molecule has 1 aliphatic rings. The van der Waals surface area contributed by atoms with Crippen molar-refractivity contribution in [3.05, 3.63) is 12.2 Å². The summed E-state index contributed by atoms with van der Waals surface area (Å²) >= 11 is 0. The van der Waals surface area contributed by atoms with Crippen LogP contribution in [-0.4, -0.2) is 33.0 Å². The number of nitrogens with one attached hydrogen (secondary N) is 1. The highest BCUT2D eigenvalue weighted by atomic mass is 15.2. The van der Waals surface area contributed by atoms with E-state index in [9.17, 15) is 0 Å². The molecule has 1 N–H and O–H groups in total. The van der Waals surface area contributed by atoms with Gasteiger partial charge in [-0.3, -0.25) is 0 Å². The lowest BCUT2D eigenvalue weighted by Crippen LogP contribution is -2.30. The monoisotopic (exact) mass is 217 g/mol. The van der Waals surface area contributed by atoms with E-state index in [1.165, 1.54) is 19.3 Å². The minimum Gasteiger partial charge on any atom is -0.355 e. The molecule has 2 aromatic heterocycles. The third-order valence-corrected chi connectivity index (χ3v) is 3.04. The number of aryl methyl sites for hydroxylation is 1. The van der Waals surface area contributed by atoms with Gasteiger partial charge in [0.1, 0.15) is 17.7 Å². The summed E-state index contributed by atoms with van der Waals surface area (Å²) in [4.78, 5) is 18.5. The van der Waals surface area contributed by atoms with Crippen molar-refractivity contribution in [2.75, 3.05) is 18.0 Å². The fourth-order valence-electron chi connectivity index (χ4n) is 2.28. The summed E-state index contributed by atoms with van der Waals surface area (Å²) in [6.45, 7) is 4.12. The van der Waals surface area contributed by atoms with E-state index in [4.69, 9.17) is 0 Å². The van der Waals surface area contributed by atoms with Crippen molar-refractivity contribution in [2.24, 2.45) is 0 Å². The second kappa shape index (κ2) is 3.73. The Balaban J connectivity index is 2.07. The van der Waals surface area contributed by atoms with E-state index in [0.29, 0.717) is 0 Å². The van der Waals surface area contributed by atoms with E-state index in [2.05, 4.69) is 24.8 Å². The minimum atomic E-state index is 0.771. The molecule has 16 heavy (non-hydrogen) atoms.